The molecule has 0 saturated heterocycles. The van der Waals surface area contributed by atoms with Gasteiger partial charge in [-0.3, -0.25) is 0 Å². The van der Waals surface area contributed by atoms with E-state index >= 15 is 0 Å². The van der Waals surface area contributed by atoms with Crippen LogP contribution in [0.5, 0.6) is 0 Å². The Morgan fingerprint density at radius 2 is 2.05 bits per heavy atom. The van der Waals surface area contributed by atoms with Gasteiger partial charge in [-0.05, 0) is 48.4 Å². The summed E-state index contributed by atoms with van der Waals surface area (Å²) in [5.74, 6) is -0.968. The van der Waals surface area contributed by atoms with E-state index in [2.05, 4.69) is 6.92 Å². The maximum atomic E-state index is 13.4. The highest BCUT2D eigenvalue weighted by molar-refractivity contribution is 7.16. The van der Waals surface area contributed by atoms with Crippen molar-refractivity contribution in [2.24, 2.45) is 5.92 Å². The highest BCUT2D eigenvalue weighted by Crippen LogP contribution is 2.43. The Morgan fingerprint density at radius 1 is 1.26 bits per heavy atom. The molecule has 1 atom stereocenters. The molecular formula is C15H15F2NS. The van der Waals surface area contributed by atoms with Crippen molar-refractivity contribution in [3.05, 3.63) is 40.3 Å². The van der Waals surface area contributed by atoms with E-state index in [0.29, 0.717) is 16.5 Å². The van der Waals surface area contributed by atoms with E-state index in [1.807, 2.05) is 0 Å². The van der Waals surface area contributed by atoms with E-state index < -0.39 is 11.6 Å². The van der Waals surface area contributed by atoms with Crippen LogP contribution in [0.4, 0.5) is 13.8 Å². The number of thiophene rings is 1. The zero-order valence-electron chi connectivity index (χ0n) is 10.7. The lowest BCUT2D eigenvalue weighted by Gasteiger charge is -2.19. The molecule has 0 fully saturated rings. The van der Waals surface area contributed by atoms with Gasteiger partial charge >= 0.3 is 0 Å². The summed E-state index contributed by atoms with van der Waals surface area (Å²) in [5, 5.41) is 0.713. The van der Waals surface area contributed by atoms with E-state index in [-0.39, 0.29) is 0 Å². The molecule has 0 amide bonds. The highest BCUT2D eigenvalue weighted by Gasteiger charge is 2.23. The lowest BCUT2D eigenvalue weighted by atomic mass is 9.87. The summed E-state index contributed by atoms with van der Waals surface area (Å²) in [5.41, 5.74) is 8.91. The zero-order chi connectivity index (χ0) is 13.6. The average Bonchev–Trinajstić information content (AvgIpc) is 2.68. The number of rotatable bonds is 1. The molecule has 1 aromatic heterocycles. The molecule has 19 heavy (non-hydrogen) atoms. The molecular weight excluding hydrogens is 264 g/mol. The quantitative estimate of drug-likeness (QED) is 0.822. The van der Waals surface area contributed by atoms with Crippen LogP contribution in [0.2, 0.25) is 0 Å². The minimum Gasteiger partial charge on any atom is -0.390 e. The fraction of sp³-hybridized carbons (Fsp3) is 0.333. The maximum absolute atomic E-state index is 13.4. The first-order valence-electron chi connectivity index (χ1n) is 6.41. The van der Waals surface area contributed by atoms with Crippen molar-refractivity contribution in [1.82, 2.24) is 0 Å². The Kier molecular flexibility index (Phi) is 3.05. The second-order valence-corrected chi connectivity index (χ2v) is 6.36. The van der Waals surface area contributed by atoms with E-state index in [0.717, 1.165) is 24.8 Å². The van der Waals surface area contributed by atoms with E-state index in [9.17, 15) is 8.78 Å². The smallest absolute Gasteiger partial charge is 0.159 e. The van der Waals surface area contributed by atoms with Gasteiger partial charge in [-0.15, -0.1) is 11.3 Å². The Hall–Kier alpha value is -1.42. The average molecular weight is 279 g/mol. The summed E-state index contributed by atoms with van der Waals surface area (Å²) in [6, 6.07) is 4.01. The van der Waals surface area contributed by atoms with Crippen molar-refractivity contribution in [3.8, 4) is 11.1 Å². The van der Waals surface area contributed by atoms with Gasteiger partial charge in [0, 0.05) is 10.4 Å². The van der Waals surface area contributed by atoms with Gasteiger partial charge in [-0.1, -0.05) is 13.0 Å². The van der Waals surface area contributed by atoms with Crippen LogP contribution in [0.15, 0.2) is 18.2 Å². The molecule has 2 aromatic rings. The summed E-state index contributed by atoms with van der Waals surface area (Å²) in [7, 11) is 0. The molecule has 1 aromatic carbocycles. The summed E-state index contributed by atoms with van der Waals surface area (Å²) in [4.78, 5) is 1.30. The van der Waals surface area contributed by atoms with Crippen molar-refractivity contribution in [2.75, 3.05) is 5.73 Å². The van der Waals surface area contributed by atoms with Crippen LogP contribution in [0.25, 0.3) is 11.1 Å². The van der Waals surface area contributed by atoms with Crippen molar-refractivity contribution in [1.29, 1.82) is 0 Å². The normalized spacial score (nSPS) is 18.4. The topological polar surface area (TPSA) is 26.0 Å². The number of benzene rings is 1. The van der Waals surface area contributed by atoms with Crippen molar-refractivity contribution in [2.45, 2.75) is 26.2 Å². The number of hydrogen-bond donors (Lipinski definition) is 1. The molecule has 0 bridgehead atoms. The van der Waals surface area contributed by atoms with Crippen LogP contribution in [0.1, 0.15) is 23.8 Å². The molecule has 3 rings (SSSR count). The van der Waals surface area contributed by atoms with Crippen molar-refractivity contribution in [3.63, 3.8) is 0 Å². The van der Waals surface area contributed by atoms with Crippen LogP contribution in [-0.2, 0) is 12.8 Å². The van der Waals surface area contributed by atoms with Gasteiger partial charge in [-0.2, -0.15) is 0 Å². The third-order valence-corrected chi connectivity index (χ3v) is 4.83. The first-order chi connectivity index (χ1) is 9.06. The van der Waals surface area contributed by atoms with Gasteiger partial charge in [0.15, 0.2) is 11.6 Å². The molecule has 2 N–H and O–H groups in total. The molecule has 1 heterocycles. The van der Waals surface area contributed by atoms with Crippen LogP contribution in [0, 0.1) is 17.6 Å². The van der Waals surface area contributed by atoms with Crippen LogP contribution < -0.4 is 5.73 Å². The Labute approximate surface area is 115 Å². The SMILES string of the molecule is CC1CCc2c(sc(N)c2-c2ccc(F)c(F)c2)C1. The Balaban J connectivity index is 2.12. The summed E-state index contributed by atoms with van der Waals surface area (Å²) in [6.07, 6.45) is 3.13. The second-order valence-electron chi connectivity index (χ2n) is 5.22. The molecule has 0 aliphatic heterocycles. The number of nitrogens with two attached hydrogens (primary N) is 1. The second kappa shape index (κ2) is 4.60. The van der Waals surface area contributed by atoms with E-state index in [1.54, 1.807) is 17.4 Å². The minimum atomic E-state index is -0.819. The van der Waals surface area contributed by atoms with Crippen molar-refractivity contribution >= 4 is 16.3 Å². The molecule has 100 valence electrons. The van der Waals surface area contributed by atoms with Gasteiger partial charge < -0.3 is 5.73 Å². The number of anilines is 1. The third-order valence-electron chi connectivity index (χ3n) is 3.75. The third kappa shape index (κ3) is 2.14. The van der Waals surface area contributed by atoms with Gasteiger partial charge in [0.2, 0.25) is 0 Å². The standard InChI is InChI=1S/C15H15F2NS/c1-8-2-4-10-13(6-8)19-15(18)14(10)9-3-5-11(16)12(17)7-9/h3,5,7-8H,2,4,6,18H2,1H3. The molecule has 4 heteroatoms. The predicted molar refractivity (Wildman–Crippen MR) is 75.3 cm³/mol. The number of fused-ring (bicyclic) bond motifs is 1. The molecule has 1 unspecified atom stereocenters. The van der Waals surface area contributed by atoms with Crippen LogP contribution in [0.3, 0.4) is 0 Å². The number of nitrogen functional groups attached to an aromatic ring is 1. The number of halogens is 2. The van der Waals surface area contributed by atoms with Crippen molar-refractivity contribution < 1.29 is 8.78 Å². The monoisotopic (exact) mass is 279 g/mol. The molecule has 0 saturated carbocycles. The van der Waals surface area contributed by atoms with Crippen LogP contribution >= 0.6 is 11.3 Å². The highest BCUT2D eigenvalue weighted by atomic mass is 32.1. The fourth-order valence-corrected chi connectivity index (χ4v) is 4.04. The predicted octanol–water partition coefficient (Wildman–Crippen LogP) is 4.40. The molecule has 1 nitrogen and oxygen atoms in total. The van der Waals surface area contributed by atoms with Crippen LogP contribution in [-0.4, -0.2) is 0 Å². The minimum absolute atomic E-state index is 0.670. The zero-order valence-corrected chi connectivity index (χ0v) is 11.5. The summed E-state index contributed by atoms with van der Waals surface area (Å²) in [6.45, 7) is 2.23. The Bertz CT molecular complexity index is 633. The Morgan fingerprint density at radius 3 is 2.79 bits per heavy atom. The summed E-state index contributed by atoms with van der Waals surface area (Å²) >= 11 is 1.59. The van der Waals surface area contributed by atoms with Gasteiger partial charge in [0.05, 0.1) is 5.00 Å². The molecule has 0 spiro atoms. The van der Waals surface area contributed by atoms with E-state index in [4.69, 9.17) is 5.73 Å². The first-order valence-corrected chi connectivity index (χ1v) is 7.23. The van der Waals surface area contributed by atoms with Gasteiger partial charge in [-0.25, -0.2) is 8.78 Å². The largest absolute Gasteiger partial charge is 0.390 e. The lowest BCUT2D eigenvalue weighted by Crippen LogP contribution is -2.09. The van der Waals surface area contributed by atoms with Gasteiger partial charge in [0.1, 0.15) is 0 Å². The number of hydrogen-bond acceptors (Lipinski definition) is 2. The molecule has 0 radical (unpaired) electrons. The summed E-state index contributed by atoms with van der Waals surface area (Å²) < 4.78 is 26.4. The lowest BCUT2D eigenvalue weighted by molar-refractivity contribution is 0.507. The fourth-order valence-electron chi connectivity index (χ4n) is 2.74. The first kappa shape index (κ1) is 12.6. The molecule has 1 aliphatic rings. The van der Waals surface area contributed by atoms with E-state index in [1.165, 1.54) is 22.6 Å². The maximum Gasteiger partial charge on any atom is 0.159 e. The molecule has 1 aliphatic carbocycles. The van der Waals surface area contributed by atoms with Gasteiger partial charge in [0.25, 0.3) is 0 Å².